The number of hydrogen-bond donors (Lipinski definition) is 2. The van der Waals surface area contributed by atoms with Crippen molar-refractivity contribution in [2.75, 3.05) is 19.8 Å². The van der Waals surface area contributed by atoms with Gasteiger partial charge in [0.25, 0.3) is 5.91 Å². The molecule has 1 fully saturated rings. The van der Waals surface area contributed by atoms with Gasteiger partial charge in [-0.1, -0.05) is 0 Å². The summed E-state index contributed by atoms with van der Waals surface area (Å²) in [6.07, 6.45) is 3.31. The topological polar surface area (TPSA) is 92.9 Å². The molecule has 6 nitrogen and oxygen atoms in total. The van der Waals surface area contributed by atoms with Gasteiger partial charge in [-0.3, -0.25) is 4.79 Å². The zero-order chi connectivity index (χ0) is 13.5. The molecule has 0 saturated carbocycles. The lowest BCUT2D eigenvalue weighted by Gasteiger charge is -2.36. The van der Waals surface area contributed by atoms with Gasteiger partial charge in [-0.2, -0.15) is 0 Å². The molecule has 1 heterocycles. The highest BCUT2D eigenvalue weighted by molar-refractivity contribution is 6.01. The molecule has 1 aliphatic rings. The predicted octanol–water partition coefficient (Wildman–Crippen LogP) is -0.360. The molecule has 0 bridgehead atoms. The maximum Gasteiger partial charge on any atom is 0.332 e. The van der Waals surface area contributed by atoms with E-state index in [2.05, 4.69) is 0 Å². The molecule has 1 saturated heterocycles. The second kappa shape index (κ2) is 7.33. The maximum absolute atomic E-state index is 12.1. The number of nitrogens with two attached hydrogens (primary N) is 1. The van der Waals surface area contributed by atoms with E-state index >= 15 is 0 Å². The van der Waals surface area contributed by atoms with Gasteiger partial charge >= 0.3 is 5.97 Å². The van der Waals surface area contributed by atoms with E-state index in [1.165, 1.54) is 0 Å². The van der Waals surface area contributed by atoms with Gasteiger partial charge in [-0.25, -0.2) is 4.79 Å². The molecule has 104 valence electrons. The van der Waals surface area contributed by atoms with Crippen LogP contribution < -0.4 is 5.73 Å². The van der Waals surface area contributed by atoms with Gasteiger partial charge in [-0.15, -0.1) is 0 Å². The van der Waals surface area contributed by atoms with E-state index < -0.39 is 17.9 Å². The molecule has 2 atom stereocenters. The molecule has 0 radical (unpaired) electrons. The van der Waals surface area contributed by atoms with Gasteiger partial charge in [0, 0.05) is 19.2 Å². The number of nitrogens with zero attached hydrogens (tertiary/aromatic N) is 1. The molecular formula is C12H22N2O4. The van der Waals surface area contributed by atoms with Crippen LogP contribution in [0.25, 0.3) is 0 Å². The van der Waals surface area contributed by atoms with E-state index in [9.17, 15) is 9.59 Å². The number of ether oxygens (including phenoxy) is 1. The quantitative estimate of drug-likeness (QED) is 0.519. The van der Waals surface area contributed by atoms with Crippen LogP contribution in [0.2, 0.25) is 0 Å². The molecule has 0 aromatic heterocycles. The highest BCUT2D eigenvalue weighted by Gasteiger charge is 2.33. The Bertz CT molecular complexity index is 294. The third-order valence-corrected chi connectivity index (χ3v) is 3.18. The highest BCUT2D eigenvalue weighted by atomic mass is 16.5. The second-order valence-electron chi connectivity index (χ2n) is 4.42. The summed E-state index contributed by atoms with van der Waals surface area (Å²) in [5.41, 5.74) is 5.61. The first-order chi connectivity index (χ1) is 8.61. The first-order valence-electron chi connectivity index (χ1n) is 6.45. The Hall–Kier alpha value is -1.14. The molecule has 6 heteroatoms. The van der Waals surface area contributed by atoms with Crippen LogP contribution >= 0.6 is 0 Å². The number of carbonyl (C=O) groups excluding carboxylic acids is 2. The minimum Gasteiger partial charge on any atom is -0.464 e. The molecule has 2 unspecified atom stereocenters. The standard InChI is InChI=1S/C12H22N2O4/c1-2-18-12(17)10(13)11(16)14-7-4-3-5-9(14)6-8-15/h9-10,15H,2-8,13H2,1H3. The van der Waals surface area contributed by atoms with Crippen LogP contribution in [0.15, 0.2) is 0 Å². The zero-order valence-corrected chi connectivity index (χ0v) is 10.8. The fourth-order valence-electron chi connectivity index (χ4n) is 2.25. The van der Waals surface area contributed by atoms with E-state index in [0.29, 0.717) is 13.0 Å². The molecule has 1 aliphatic heterocycles. The number of aliphatic hydroxyl groups is 1. The van der Waals surface area contributed by atoms with Crippen LogP contribution in [0.5, 0.6) is 0 Å². The van der Waals surface area contributed by atoms with Gasteiger partial charge in [0.2, 0.25) is 0 Å². The minimum absolute atomic E-state index is 0.0169. The summed E-state index contributed by atoms with van der Waals surface area (Å²) >= 11 is 0. The Labute approximate surface area is 107 Å². The third-order valence-electron chi connectivity index (χ3n) is 3.18. The number of aliphatic hydroxyl groups excluding tert-OH is 1. The maximum atomic E-state index is 12.1. The van der Waals surface area contributed by atoms with E-state index in [0.717, 1.165) is 19.3 Å². The number of hydrogen-bond acceptors (Lipinski definition) is 5. The number of amides is 1. The highest BCUT2D eigenvalue weighted by Crippen LogP contribution is 2.20. The van der Waals surface area contributed by atoms with Crippen LogP contribution in [-0.4, -0.2) is 53.7 Å². The summed E-state index contributed by atoms with van der Waals surface area (Å²) in [5, 5.41) is 8.99. The summed E-state index contributed by atoms with van der Waals surface area (Å²) in [5.74, 6) is -1.08. The number of carbonyl (C=O) groups is 2. The van der Waals surface area contributed by atoms with Crippen LogP contribution in [0.4, 0.5) is 0 Å². The van der Waals surface area contributed by atoms with Crippen molar-refractivity contribution >= 4 is 11.9 Å². The van der Waals surface area contributed by atoms with Crippen molar-refractivity contribution in [2.24, 2.45) is 5.73 Å². The Kier molecular flexibility index (Phi) is 6.07. The Morgan fingerprint density at radius 3 is 2.83 bits per heavy atom. The Morgan fingerprint density at radius 1 is 1.50 bits per heavy atom. The normalized spacial score (nSPS) is 21.5. The van der Waals surface area contributed by atoms with Crippen molar-refractivity contribution in [3.8, 4) is 0 Å². The molecule has 0 aromatic carbocycles. The number of esters is 1. The average Bonchev–Trinajstić information content (AvgIpc) is 2.38. The molecule has 18 heavy (non-hydrogen) atoms. The molecule has 1 amide bonds. The predicted molar refractivity (Wildman–Crippen MR) is 65.7 cm³/mol. The van der Waals surface area contributed by atoms with Crippen LogP contribution in [-0.2, 0) is 14.3 Å². The molecule has 0 aliphatic carbocycles. The van der Waals surface area contributed by atoms with E-state index in [1.807, 2.05) is 0 Å². The van der Waals surface area contributed by atoms with Gasteiger partial charge in [0.15, 0.2) is 6.04 Å². The molecule has 0 aromatic rings. The first-order valence-corrected chi connectivity index (χ1v) is 6.45. The van der Waals surface area contributed by atoms with Crippen LogP contribution in [0, 0.1) is 0 Å². The number of piperidine rings is 1. The van der Waals surface area contributed by atoms with Crippen LogP contribution in [0.1, 0.15) is 32.6 Å². The largest absolute Gasteiger partial charge is 0.464 e. The average molecular weight is 258 g/mol. The summed E-state index contributed by atoms with van der Waals surface area (Å²) < 4.78 is 4.75. The fourth-order valence-corrected chi connectivity index (χ4v) is 2.25. The van der Waals surface area contributed by atoms with Gasteiger partial charge < -0.3 is 20.5 Å². The van der Waals surface area contributed by atoms with E-state index in [-0.39, 0.29) is 19.3 Å². The molecule has 1 rings (SSSR count). The summed E-state index contributed by atoms with van der Waals surface area (Å²) in [6, 6.07) is -1.26. The van der Waals surface area contributed by atoms with Gasteiger partial charge in [0.1, 0.15) is 0 Å². The van der Waals surface area contributed by atoms with Crippen molar-refractivity contribution in [2.45, 2.75) is 44.7 Å². The second-order valence-corrected chi connectivity index (χ2v) is 4.42. The van der Waals surface area contributed by atoms with Gasteiger partial charge in [-0.05, 0) is 32.6 Å². The van der Waals surface area contributed by atoms with E-state index in [4.69, 9.17) is 15.6 Å². The lowest BCUT2D eigenvalue weighted by atomic mass is 9.98. The summed E-state index contributed by atoms with van der Waals surface area (Å²) in [6.45, 7) is 2.50. The monoisotopic (exact) mass is 258 g/mol. The van der Waals surface area contributed by atoms with Gasteiger partial charge in [0.05, 0.1) is 6.61 Å². The Balaban J connectivity index is 2.64. The molecule has 0 spiro atoms. The summed E-state index contributed by atoms with van der Waals surface area (Å²) in [7, 11) is 0. The fraction of sp³-hybridized carbons (Fsp3) is 0.833. The van der Waals surface area contributed by atoms with Crippen molar-refractivity contribution in [3.63, 3.8) is 0 Å². The first kappa shape index (κ1) is 14.9. The van der Waals surface area contributed by atoms with E-state index in [1.54, 1.807) is 11.8 Å². The van der Waals surface area contributed by atoms with Crippen molar-refractivity contribution in [3.05, 3.63) is 0 Å². The minimum atomic E-state index is -1.25. The Morgan fingerprint density at radius 2 is 2.22 bits per heavy atom. The third kappa shape index (κ3) is 3.68. The SMILES string of the molecule is CCOC(=O)C(N)C(=O)N1CCCCC1CCO. The number of likely N-dealkylation sites (tertiary alicyclic amines) is 1. The van der Waals surface area contributed by atoms with Crippen LogP contribution in [0.3, 0.4) is 0 Å². The van der Waals surface area contributed by atoms with Crippen molar-refractivity contribution < 1.29 is 19.4 Å². The summed E-state index contributed by atoms with van der Waals surface area (Å²) in [4.78, 5) is 25.2. The van der Waals surface area contributed by atoms with Crippen molar-refractivity contribution in [1.29, 1.82) is 0 Å². The zero-order valence-electron chi connectivity index (χ0n) is 10.8. The molecule has 3 N–H and O–H groups in total. The smallest absolute Gasteiger partial charge is 0.332 e. The lowest BCUT2D eigenvalue weighted by Crippen LogP contribution is -2.54. The number of rotatable bonds is 5. The van der Waals surface area contributed by atoms with Crippen molar-refractivity contribution in [1.82, 2.24) is 4.90 Å². The molecular weight excluding hydrogens is 236 g/mol. The lowest BCUT2D eigenvalue weighted by molar-refractivity contribution is -0.152.